The van der Waals surface area contributed by atoms with Gasteiger partial charge in [-0.05, 0) is 36.4 Å². The molecule has 120 valence electrons. The Hall–Kier alpha value is -2.05. The quantitative estimate of drug-likeness (QED) is 0.829. The molecular weight excluding hydrogens is 328 g/mol. The molecule has 2 aromatic rings. The van der Waals surface area contributed by atoms with E-state index in [1.54, 1.807) is 0 Å². The van der Waals surface area contributed by atoms with Crippen LogP contribution in [0.2, 0.25) is 0 Å². The summed E-state index contributed by atoms with van der Waals surface area (Å²) in [6, 6.07) is 16.8. The van der Waals surface area contributed by atoms with Gasteiger partial charge in [-0.1, -0.05) is 42.2 Å². The van der Waals surface area contributed by atoms with Crippen LogP contribution in [0.25, 0.3) is 0 Å². The number of anilines is 1. The molecule has 2 aromatic carbocycles. The van der Waals surface area contributed by atoms with Crippen LogP contribution in [0.5, 0.6) is 11.5 Å². The highest BCUT2D eigenvalue weighted by Crippen LogP contribution is 2.22. The fourth-order valence-electron chi connectivity index (χ4n) is 1.68. The summed E-state index contributed by atoms with van der Waals surface area (Å²) in [4.78, 5) is 13.7. The zero-order valence-corrected chi connectivity index (χ0v) is 14.6. The molecule has 0 heterocycles. The summed E-state index contributed by atoms with van der Waals surface area (Å²) >= 11 is 6.47. The minimum Gasteiger partial charge on any atom is -0.457 e. The first-order chi connectivity index (χ1) is 11.0. The second-order valence-corrected chi connectivity index (χ2v) is 6.55. The Morgan fingerprint density at radius 1 is 1.09 bits per heavy atom. The van der Waals surface area contributed by atoms with Gasteiger partial charge in [-0.25, -0.2) is 0 Å². The van der Waals surface area contributed by atoms with Crippen molar-refractivity contribution in [1.29, 1.82) is 0 Å². The minimum atomic E-state index is -0.0871. The predicted octanol–water partition coefficient (Wildman–Crippen LogP) is 4.00. The van der Waals surface area contributed by atoms with E-state index >= 15 is 0 Å². The van der Waals surface area contributed by atoms with Crippen molar-refractivity contribution in [3.8, 4) is 11.5 Å². The summed E-state index contributed by atoms with van der Waals surface area (Å²) in [6.45, 7) is 0. The number of amides is 1. The average Bonchev–Trinajstić information content (AvgIpc) is 2.55. The molecule has 2 rings (SSSR count). The summed E-state index contributed by atoms with van der Waals surface area (Å²) in [5, 5.41) is 2.83. The Kier molecular flexibility index (Phi) is 6.43. The summed E-state index contributed by atoms with van der Waals surface area (Å²) in [7, 11) is 3.72. The number of nitrogens with one attached hydrogen (secondary N) is 1. The third kappa shape index (κ3) is 5.92. The number of ether oxygens (including phenoxy) is 1. The summed E-state index contributed by atoms with van der Waals surface area (Å²) in [5.74, 6) is 1.70. The molecule has 1 N–H and O–H groups in total. The van der Waals surface area contributed by atoms with Crippen LogP contribution in [-0.4, -0.2) is 35.0 Å². The van der Waals surface area contributed by atoms with Gasteiger partial charge in [0, 0.05) is 19.8 Å². The number of para-hydroxylation sites is 1. The number of nitrogens with zero attached hydrogens (tertiary/aromatic N) is 1. The lowest BCUT2D eigenvalue weighted by atomic mass is 10.3. The second-order valence-electron chi connectivity index (χ2n) is 4.94. The van der Waals surface area contributed by atoms with Crippen LogP contribution in [0.15, 0.2) is 54.6 Å². The van der Waals surface area contributed by atoms with Gasteiger partial charge in [-0.2, -0.15) is 0 Å². The lowest BCUT2D eigenvalue weighted by Crippen LogP contribution is -2.20. The highest BCUT2D eigenvalue weighted by molar-refractivity contribution is 8.23. The Morgan fingerprint density at radius 2 is 1.70 bits per heavy atom. The van der Waals surface area contributed by atoms with Crippen LogP contribution in [0.3, 0.4) is 0 Å². The van der Waals surface area contributed by atoms with Gasteiger partial charge in [0.05, 0.1) is 5.75 Å². The van der Waals surface area contributed by atoms with Gasteiger partial charge in [-0.15, -0.1) is 0 Å². The number of carbonyl (C=O) groups is 1. The molecule has 0 bridgehead atoms. The second kappa shape index (κ2) is 8.55. The molecule has 0 aliphatic heterocycles. The number of rotatable bonds is 5. The molecule has 0 spiro atoms. The first kappa shape index (κ1) is 17.3. The van der Waals surface area contributed by atoms with E-state index in [0.29, 0.717) is 10.1 Å². The van der Waals surface area contributed by atoms with Crippen molar-refractivity contribution in [2.24, 2.45) is 0 Å². The summed E-state index contributed by atoms with van der Waals surface area (Å²) < 4.78 is 6.39. The highest BCUT2D eigenvalue weighted by Gasteiger charge is 2.07. The van der Waals surface area contributed by atoms with Gasteiger partial charge in [0.1, 0.15) is 15.8 Å². The highest BCUT2D eigenvalue weighted by atomic mass is 32.2. The number of thioether (sulfide) groups is 1. The maximum atomic E-state index is 11.9. The Bertz CT molecular complexity index is 658. The maximum Gasteiger partial charge on any atom is 0.234 e. The van der Waals surface area contributed by atoms with Crippen molar-refractivity contribution in [3.05, 3.63) is 54.6 Å². The van der Waals surface area contributed by atoms with Crippen molar-refractivity contribution in [3.63, 3.8) is 0 Å². The van der Waals surface area contributed by atoms with E-state index in [2.05, 4.69) is 5.32 Å². The van der Waals surface area contributed by atoms with Crippen LogP contribution < -0.4 is 10.1 Å². The smallest absolute Gasteiger partial charge is 0.234 e. The summed E-state index contributed by atoms with van der Waals surface area (Å²) in [5.41, 5.74) is 0.729. The molecule has 0 unspecified atom stereocenters. The van der Waals surface area contributed by atoms with Gasteiger partial charge in [0.25, 0.3) is 0 Å². The lowest BCUT2D eigenvalue weighted by Gasteiger charge is -2.12. The minimum absolute atomic E-state index is 0.0871. The van der Waals surface area contributed by atoms with Gasteiger partial charge >= 0.3 is 0 Å². The van der Waals surface area contributed by atoms with Gasteiger partial charge < -0.3 is 15.0 Å². The zero-order chi connectivity index (χ0) is 16.7. The van der Waals surface area contributed by atoms with Crippen LogP contribution in [-0.2, 0) is 4.79 Å². The van der Waals surface area contributed by atoms with Crippen molar-refractivity contribution < 1.29 is 9.53 Å². The van der Waals surface area contributed by atoms with Gasteiger partial charge in [0.15, 0.2) is 0 Å². The molecule has 0 saturated heterocycles. The fraction of sp³-hybridized carbons (Fsp3) is 0.176. The molecule has 0 radical (unpaired) electrons. The molecular formula is C17H18N2O2S2. The standard InChI is InChI=1S/C17H18N2O2S2/c1-19(2)17(22)23-12-16(20)18-13-8-10-15(11-9-13)21-14-6-4-3-5-7-14/h3-11H,12H2,1-2H3,(H,18,20). The van der Waals surface area contributed by atoms with E-state index in [4.69, 9.17) is 17.0 Å². The van der Waals surface area contributed by atoms with E-state index in [0.717, 1.165) is 17.2 Å². The Labute approximate surface area is 145 Å². The fourth-order valence-corrected chi connectivity index (χ4v) is 2.45. The molecule has 4 nitrogen and oxygen atoms in total. The van der Waals surface area contributed by atoms with Gasteiger partial charge in [-0.3, -0.25) is 4.79 Å². The molecule has 0 aliphatic rings. The van der Waals surface area contributed by atoms with Crippen molar-refractivity contribution in [2.45, 2.75) is 0 Å². The number of hydrogen-bond donors (Lipinski definition) is 1. The Morgan fingerprint density at radius 3 is 2.30 bits per heavy atom. The molecule has 1 amide bonds. The number of thiocarbonyl (C=S) groups is 1. The van der Waals surface area contributed by atoms with Crippen LogP contribution in [0, 0.1) is 0 Å². The van der Waals surface area contributed by atoms with Crippen LogP contribution >= 0.6 is 24.0 Å². The van der Waals surface area contributed by atoms with E-state index in [-0.39, 0.29) is 5.91 Å². The molecule has 0 fully saturated rings. The third-order valence-corrected chi connectivity index (χ3v) is 4.55. The van der Waals surface area contributed by atoms with Gasteiger partial charge in [0.2, 0.25) is 5.91 Å². The largest absolute Gasteiger partial charge is 0.457 e. The van der Waals surface area contributed by atoms with Crippen molar-refractivity contribution >= 4 is 39.9 Å². The number of benzene rings is 2. The van der Waals surface area contributed by atoms with Crippen LogP contribution in [0.1, 0.15) is 0 Å². The van der Waals surface area contributed by atoms with E-state index in [1.165, 1.54) is 11.8 Å². The molecule has 0 atom stereocenters. The Balaban J connectivity index is 1.85. The molecule has 0 aliphatic carbocycles. The van der Waals surface area contributed by atoms with E-state index in [9.17, 15) is 4.79 Å². The third-order valence-electron chi connectivity index (χ3n) is 2.81. The van der Waals surface area contributed by atoms with Crippen molar-refractivity contribution in [1.82, 2.24) is 4.90 Å². The monoisotopic (exact) mass is 346 g/mol. The number of carbonyl (C=O) groups excluding carboxylic acids is 1. The molecule has 6 heteroatoms. The SMILES string of the molecule is CN(C)C(=S)SCC(=O)Nc1ccc(Oc2ccccc2)cc1. The predicted molar refractivity (Wildman–Crippen MR) is 100 cm³/mol. The van der Waals surface area contributed by atoms with E-state index in [1.807, 2.05) is 73.6 Å². The van der Waals surface area contributed by atoms with Crippen molar-refractivity contribution in [2.75, 3.05) is 25.2 Å². The first-order valence-electron chi connectivity index (χ1n) is 7.01. The molecule has 23 heavy (non-hydrogen) atoms. The topological polar surface area (TPSA) is 41.6 Å². The maximum absolute atomic E-state index is 11.9. The summed E-state index contributed by atoms with van der Waals surface area (Å²) in [6.07, 6.45) is 0. The average molecular weight is 346 g/mol. The van der Waals surface area contributed by atoms with Crippen LogP contribution in [0.4, 0.5) is 5.69 Å². The zero-order valence-electron chi connectivity index (χ0n) is 13.0. The first-order valence-corrected chi connectivity index (χ1v) is 8.41. The molecule has 0 saturated carbocycles. The van der Waals surface area contributed by atoms with E-state index < -0.39 is 0 Å². The normalized spacial score (nSPS) is 10.0. The lowest BCUT2D eigenvalue weighted by molar-refractivity contribution is -0.113. The number of hydrogen-bond acceptors (Lipinski definition) is 4. The molecule has 0 aromatic heterocycles.